The minimum absolute atomic E-state index is 0.0863. The van der Waals surface area contributed by atoms with Crippen LogP contribution in [-0.4, -0.2) is 43.4 Å². The van der Waals surface area contributed by atoms with Crippen molar-refractivity contribution in [3.63, 3.8) is 0 Å². The van der Waals surface area contributed by atoms with Gasteiger partial charge in [0.25, 0.3) is 5.91 Å². The molecule has 1 saturated heterocycles. The van der Waals surface area contributed by atoms with E-state index in [1.54, 1.807) is 42.6 Å². The van der Waals surface area contributed by atoms with E-state index in [0.29, 0.717) is 24.2 Å². The summed E-state index contributed by atoms with van der Waals surface area (Å²) in [6.07, 6.45) is 2.14. The van der Waals surface area contributed by atoms with Crippen LogP contribution in [0.3, 0.4) is 0 Å². The zero-order chi connectivity index (χ0) is 19.4. The van der Waals surface area contributed by atoms with Gasteiger partial charge in [0.15, 0.2) is 9.84 Å². The quantitative estimate of drug-likeness (QED) is 0.848. The summed E-state index contributed by atoms with van der Waals surface area (Å²) in [4.78, 5) is 18.6. The van der Waals surface area contributed by atoms with Crippen molar-refractivity contribution in [2.45, 2.75) is 19.4 Å². The number of sulfone groups is 1. The Bertz CT molecular complexity index is 981. The van der Waals surface area contributed by atoms with Crippen molar-refractivity contribution in [1.29, 1.82) is 5.26 Å². The van der Waals surface area contributed by atoms with E-state index in [0.717, 1.165) is 5.69 Å². The molecule has 1 unspecified atom stereocenters. The van der Waals surface area contributed by atoms with Gasteiger partial charge in [-0.1, -0.05) is 0 Å². The highest BCUT2D eigenvalue weighted by atomic mass is 32.2. The second kappa shape index (κ2) is 7.76. The predicted molar refractivity (Wildman–Crippen MR) is 103 cm³/mol. The second-order valence-electron chi connectivity index (χ2n) is 6.39. The number of aromatic nitrogens is 1. The van der Waals surface area contributed by atoms with Gasteiger partial charge in [0.05, 0.1) is 23.1 Å². The molecule has 1 aliphatic rings. The number of amides is 1. The Balaban J connectivity index is 1.77. The fourth-order valence-corrected chi connectivity index (χ4v) is 4.95. The monoisotopic (exact) mass is 384 g/mol. The van der Waals surface area contributed by atoms with Gasteiger partial charge in [-0.05, 0) is 49.7 Å². The molecule has 0 bridgehead atoms. The van der Waals surface area contributed by atoms with E-state index in [9.17, 15) is 13.2 Å². The van der Waals surface area contributed by atoms with Crippen LogP contribution in [0, 0.1) is 11.3 Å². The molecule has 1 fully saturated rings. The van der Waals surface area contributed by atoms with Crippen LogP contribution in [0.2, 0.25) is 0 Å². The van der Waals surface area contributed by atoms with Gasteiger partial charge in [0.1, 0.15) is 5.69 Å². The minimum Gasteiger partial charge on any atom is -0.368 e. The largest absolute Gasteiger partial charge is 0.368 e. The maximum absolute atomic E-state index is 12.5. The summed E-state index contributed by atoms with van der Waals surface area (Å²) in [7, 11) is -2.99. The molecule has 3 rings (SSSR count). The number of anilines is 2. The Morgan fingerprint density at radius 2 is 2.07 bits per heavy atom. The lowest BCUT2D eigenvalue weighted by Gasteiger charge is -2.29. The summed E-state index contributed by atoms with van der Waals surface area (Å²) in [5, 5.41) is 11.6. The van der Waals surface area contributed by atoms with Crippen LogP contribution >= 0.6 is 0 Å². The van der Waals surface area contributed by atoms with E-state index in [4.69, 9.17) is 5.26 Å². The Morgan fingerprint density at radius 3 is 2.67 bits per heavy atom. The first-order valence-corrected chi connectivity index (χ1v) is 10.5. The number of hydrogen-bond donors (Lipinski definition) is 1. The number of hydrogen-bond acceptors (Lipinski definition) is 6. The molecule has 1 amide bonds. The van der Waals surface area contributed by atoms with Crippen molar-refractivity contribution < 1.29 is 13.2 Å². The first-order valence-electron chi connectivity index (χ1n) is 8.66. The van der Waals surface area contributed by atoms with Crippen molar-refractivity contribution in [3.8, 4) is 6.07 Å². The van der Waals surface area contributed by atoms with Gasteiger partial charge >= 0.3 is 0 Å². The molecule has 2 heterocycles. The van der Waals surface area contributed by atoms with Gasteiger partial charge in [-0.2, -0.15) is 5.26 Å². The molecule has 0 saturated carbocycles. The molecule has 0 aliphatic carbocycles. The minimum atomic E-state index is -2.99. The zero-order valence-corrected chi connectivity index (χ0v) is 15.7. The average Bonchev–Trinajstić information content (AvgIpc) is 3.02. The fraction of sp³-hybridized carbons (Fsp3) is 0.316. The Hall–Kier alpha value is -2.92. The number of carbonyl (C=O) groups excluding carboxylic acids is 1. The lowest BCUT2D eigenvalue weighted by molar-refractivity contribution is 0.102. The van der Waals surface area contributed by atoms with Crippen LogP contribution < -0.4 is 10.2 Å². The van der Waals surface area contributed by atoms with E-state index in [1.807, 2.05) is 17.9 Å². The topological polar surface area (TPSA) is 103 Å². The summed E-state index contributed by atoms with van der Waals surface area (Å²) < 4.78 is 23.6. The Morgan fingerprint density at radius 1 is 1.33 bits per heavy atom. The van der Waals surface area contributed by atoms with Crippen LogP contribution in [0.4, 0.5) is 11.4 Å². The van der Waals surface area contributed by atoms with Crippen molar-refractivity contribution in [2.75, 3.05) is 28.3 Å². The maximum Gasteiger partial charge on any atom is 0.274 e. The second-order valence-corrected chi connectivity index (χ2v) is 8.61. The van der Waals surface area contributed by atoms with E-state index in [2.05, 4.69) is 10.3 Å². The predicted octanol–water partition coefficient (Wildman–Crippen LogP) is 2.22. The summed E-state index contributed by atoms with van der Waals surface area (Å²) >= 11 is 0. The highest BCUT2D eigenvalue weighted by molar-refractivity contribution is 7.91. The molecule has 0 spiro atoms. The normalized spacial score (nSPS) is 17.9. The van der Waals surface area contributed by atoms with E-state index < -0.39 is 9.84 Å². The van der Waals surface area contributed by atoms with Crippen LogP contribution in [0.5, 0.6) is 0 Å². The number of carbonyl (C=O) groups is 1. The van der Waals surface area contributed by atoms with E-state index in [-0.39, 0.29) is 29.1 Å². The number of nitrogens with one attached hydrogen (secondary N) is 1. The first kappa shape index (κ1) is 18.9. The molecule has 1 aliphatic heterocycles. The van der Waals surface area contributed by atoms with Crippen molar-refractivity contribution >= 4 is 27.1 Å². The fourth-order valence-electron chi connectivity index (χ4n) is 3.22. The molecule has 1 aromatic carbocycles. The standard InChI is InChI=1S/C19H20N4O3S/c1-2-23(17-8-10-27(25,26)13-17)16-7-9-21-18(11-16)19(24)22-15-5-3-14(12-20)4-6-15/h3-7,9,11,17H,2,8,10,13H2,1H3,(H,22,24). The maximum atomic E-state index is 12.5. The average molecular weight is 384 g/mol. The van der Waals surface area contributed by atoms with Gasteiger partial charge in [-0.25, -0.2) is 8.42 Å². The van der Waals surface area contributed by atoms with Gasteiger partial charge < -0.3 is 10.2 Å². The van der Waals surface area contributed by atoms with Crippen molar-refractivity contribution in [1.82, 2.24) is 4.98 Å². The highest BCUT2D eigenvalue weighted by Gasteiger charge is 2.32. The SMILES string of the molecule is CCN(c1ccnc(C(=O)Nc2ccc(C#N)cc2)c1)C1CCS(=O)(=O)C1. The van der Waals surface area contributed by atoms with Crippen molar-refractivity contribution in [3.05, 3.63) is 53.9 Å². The number of rotatable bonds is 5. The first-order chi connectivity index (χ1) is 12.9. The van der Waals surface area contributed by atoms with E-state index >= 15 is 0 Å². The summed E-state index contributed by atoms with van der Waals surface area (Å²) in [6, 6.07) is 12.0. The molecule has 1 atom stereocenters. The van der Waals surface area contributed by atoms with E-state index in [1.165, 1.54) is 0 Å². The number of pyridine rings is 1. The van der Waals surface area contributed by atoms with Crippen LogP contribution in [0.1, 0.15) is 29.4 Å². The number of nitriles is 1. The number of nitrogens with zero attached hydrogens (tertiary/aromatic N) is 3. The van der Waals surface area contributed by atoms with Crippen molar-refractivity contribution in [2.24, 2.45) is 0 Å². The molecule has 1 aromatic heterocycles. The smallest absolute Gasteiger partial charge is 0.274 e. The third-order valence-corrected chi connectivity index (χ3v) is 6.32. The molecular weight excluding hydrogens is 364 g/mol. The highest BCUT2D eigenvalue weighted by Crippen LogP contribution is 2.24. The summed E-state index contributed by atoms with van der Waals surface area (Å²) in [5.41, 5.74) is 2.11. The van der Waals surface area contributed by atoms with Gasteiger partial charge in [-0.15, -0.1) is 0 Å². The van der Waals surface area contributed by atoms with Gasteiger partial charge in [0, 0.05) is 30.2 Å². The third-order valence-electron chi connectivity index (χ3n) is 4.57. The van der Waals surface area contributed by atoms with Crippen LogP contribution in [0.15, 0.2) is 42.6 Å². The molecule has 1 N–H and O–H groups in total. The molecule has 2 aromatic rings. The molecule has 140 valence electrons. The third kappa shape index (κ3) is 4.44. The Labute approximate surface area is 158 Å². The molecular formula is C19H20N4O3S. The number of benzene rings is 1. The molecule has 8 heteroatoms. The lowest BCUT2D eigenvalue weighted by atomic mass is 10.2. The summed E-state index contributed by atoms with van der Waals surface area (Å²) in [5.74, 6) is -0.0297. The lowest BCUT2D eigenvalue weighted by Crippen LogP contribution is -2.36. The Kier molecular flexibility index (Phi) is 5.42. The molecule has 0 radical (unpaired) electrons. The van der Waals surface area contributed by atoms with Gasteiger partial charge in [-0.3, -0.25) is 9.78 Å². The van der Waals surface area contributed by atoms with Gasteiger partial charge in [0.2, 0.25) is 0 Å². The summed E-state index contributed by atoms with van der Waals surface area (Å²) in [6.45, 7) is 2.60. The van der Waals surface area contributed by atoms with Crippen LogP contribution in [0.25, 0.3) is 0 Å². The molecule has 7 nitrogen and oxygen atoms in total. The molecule has 27 heavy (non-hydrogen) atoms. The zero-order valence-electron chi connectivity index (χ0n) is 14.9. The van der Waals surface area contributed by atoms with Crippen LogP contribution in [-0.2, 0) is 9.84 Å².